The highest BCUT2D eigenvalue weighted by atomic mass is 19.1. The van der Waals surface area contributed by atoms with Crippen LogP contribution in [0.2, 0.25) is 0 Å². The van der Waals surface area contributed by atoms with Gasteiger partial charge in [0, 0.05) is 31.5 Å². The number of rotatable bonds is 8. The Bertz CT molecular complexity index is 1320. The number of hydrogen-bond donors (Lipinski definition) is 1. The molecule has 0 atom stereocenters. The van der Waals surface area contributed by atoms with Crippen molar-refractivity contribution in [3.63, 3.8) is 0 Å². The number of carbonyl (C=O) groups is 1. The van der Waals surface area contributed by atoms with Gasteiger partial charge in [0.25, 0.3) is 5.91 Å². The van der Waals surface area contributed by atoms with Crippen LogP contribution in [0.15, 0.2) is 67.0 Å². The summed E-state index contributed by atoms with van der Waals surface area (Å²) in [6, 6.07) is 16.2. The number of halogens is 1. The molecular formula is C26H25FN4O3. The largest absolute Gasteiger partial charge is 0.493 e. The lowest BCUT2D eigenvalue weighted by atomic mass is 10.0. The van der Waals surface area contributed by atoms with Gasteiger partial charge in [0.2, 0.25) is 0 Å². The van der Waals surface area contributed by atoms with Gasteiger partial charge in [-0.25, -0.2) is 4.39 Å². The SMILES string of the molecule is COc1ccc(CNC(=O)c2cc(-c3cccc(CF)c3)cnc2-c2ccnn2C)cc1OC. The first-order chi connectivity index (χ1) is 16.5. The van der Waals surface area contributed by atoms with Crippen molar-refractivity contribution >= 4 is 5.91 Å². The third kappa shape index (κ3) is 4.76. The summed E-state index contributed by atoms with van der Waals surface area (Å²) in [6.45, 7) is -0.279. The minimum atomic E-state index is -0.562. The van der Waals surface area contributed by atoms with Gasteiger partial charge in [-0.15, -0.1) is 0 Å². The molecule has 174 valence electrons. The van der Waals surface area contributed by atoms with E-state index in [9.17, 15) is 9.18 Å². The van der Waals surface area contributed by atoms with Crippen molar-refractivity contribution < 1.29 is 18.7 Å². The average Bonchev–Trinajstić information content (AvgIpc) is 3.32. The Morgan fingerprint density at radius 1 is 1.00 bits per heavy atom. The minimum Gasteiger partial charge on any atom is -0.493 e. The molecule has 0 spiro atoms. The maximum Gasteiger partial charge on any atom is 0.253 e. The number of ether oxygens (including phenoxy) is 2. The van der Waals surface area contributed by atoms with Crippen LogP contribution in [-0.4, -0.2) is 34.9 Å². The Balaban J connectivity index is 1.67. The normalized spacial score (nSPS) is 10.7. The average molecular weight is 461 g/mol. The van der Waals surface area contributed by atoms with Crippen LogP contribution >= 0.6 is 0 Å². The van der Waals surface area contributed by atoms with E-state index in [-0.39, 0.29) is 12.5 Å². The Labute approximate surface area is 197 Å². The summed E-state index contributed by atoms with van der Waals surface area (Å²) in [5, 5.41) is 7.17. The van der Waals surface area contributed by atoms with Crippen molar-refractivity contribution in [2.75, 3.05) is 14.2 Å². The van der Waals surface area contributed by atoms with Crippen LogP contribution in [0.5, 0.6) is 11.5 Å². The molecule has 2 aromatic heterocycles. The molecule has 2 heterocycles. The number of nitrogens with one attached hydrogen (secondary N) is 1. The Morgan fingerprint density at radius 3 is 2.53 bits per heavy atom. The second-order valence-electron chi connectivity index (χ2n) is 7.67. The van der Waals surface area contributed by atoms with Crippen LogP contribution in [0.3, 0.4) is 0 Å². The molecule has 4 aromatic rings. The van der Waals surface area contributed by atoms with E-state index in [0.717, 1.165) is 16.7 Å². The molecule has 8 heteroatoms. The summed E-state index contributed by atoms with van der Waals surface area (Å²) in [5.74, 6) is 0.909. The molecule has 0 aliphatic carbocycles. The molecule has 0 aliphatic rings. The zero-order valence-electron chi connectivity index (χ0n) is 19.2. The first kappa shape index (κ1) is 23.0. The third-order valence-electron chi connectivity index (χ3n) is 5.51. The molecule has 7 nitrogen and oxygen atoms in total. The second-order valence-corrected chi connectivity index (χ2v) is 7.67. The number of amides is 1. The number of aromatic nitrogens is 3. The molecule has 0 bridgehead atoms. The first-order valence-electron chi connectivity index (χ1n) is 10.7. The van der Waals surface area contributed by atoms with E-state index in [0.29, 0.717) is 34.0 Å². The highest BCUT2D eigenvalue weighted by molar-refractivity contribution is 6.00. The van der Waals surface area contributed by atoms with Crippen molar-refractivity contribution in [3.05, 3.63) is 83.7 Å². The quantitative estimate of drug-likeness (QED) is 0.417. The van der Waals surface area contributed by atoms with E-state index in [1.165, 1.54) is 0 Å². The van der Waals surface area contributed by atoms with Crippen LogP contribution < -0.4 is 14.8 Å². The maximum atomic E-state index is 13.3. The van der Waals surface area contributed by atoms with Crippen LogP contribution in [0.1, 0.15) is 21.5 Å². The van der Waals surface area contributed by atoms with Crippen molar-refractivity contribution in [1.29, 1.82) is 0 Å². The van der Waals surface area contributed by atoms with E-state index in [4.69, 9.17) is 9.47 Å². The van der Waals surface area contributed by atoms with Gasteiger partial charge in [-0.3, -0.25) is 14.5 Å². The molecule has 0 fully saturated rings. The van der Waals surface area contributed by atoms with Gasteiger partial charge in [-0.05, 0) is 47.0 Å². The van der Waals surface area contributed by atoms with Gasteiger partial charge in [0.1, 0.15) is 12.4 Å². The van der Waals surface area contributed by atoms with E-state index >= 15 is 0 Å². The highest BCUT2D eigenvalue weighted by Crippen LogP contribution is 2.29. The Kier molecular flexibility index (Phi) is 6.87. The first-order valence-corrected chi connectivity index (χ1v) is 10.7. The standard InChI is InChI=1S/C26H25FN4O3/c1-31-22(9-10-30-31)25-21(13-20(16-28-25)19-6-4-5-17(11-19)14-27)26(32)29-15-18-7-8-23(33-2)24(12-18)34-3/h4-13,16H,14-15H2,1-3H3,(H,29,32). The van der Waals surface area contributed by atoms with Gasteiger partial charge in [-0.2, -0.15) is 5.10 Å². The fraction of sp³-hybridized carbons (Fsp3) is 0.192. The summed E-state index contributed by atoms with van der Waals surface area (Å²) in [6.07, 6.45) is 3.34. The van der Waals surface area contributed by atoms with Gasteiger partial charge in [0.15, 0.2) is 11.5 Å². The number of benzene rings is 2. The highest BCUT2D eigenvalue weighted by Gasteiger charge is 2.18. The van der Waals surface area contributed by atoms with Crippen molar-refractivity contribution in [3.8, 4) is 34.0 Å². The summed E-state index contributed by atoms with van der Waals surface area (Å²) < 4.78 is 25.5. The zero-order valence-corrected chi connectivity index (χ0v) is 19.2. The lowest BCUT2D eigenvalue weighted by Crippen LogP contribution is -2.24. The number of nitrogens with zero attached hydrogens (tertiary/aromatic N) is 3. The van der Waals surface area contributed by atoms with Crippen molar-refractivity contribution in [1.82, 2.24) is 20.1 Å². The topological polar surface area (TPSA) is 78.3 Å². The van der Waals surface area contributed by atoms with Crippen LogP contribution in [0, 0.1) is 0 Å². The number of methoxy groups -OCH3 is 2. The minimum absolute atomic E-state index is 0.283. The van der Waals surface area contributed by atoms with E-state index in [1.807, 2.05) is 18.2 Å². The molecule has 34 heavy (non-hydrogen) atoms. The van der Waals surface area contributed by atoms with Gasteiger partial charge < -0.3 is 14.8 Å². The number of alkyl halides is 1. The summed E-state index contributed by atoms with van der Waals surface area (Å²) in [5.41, 5.74) is 4.54. The lowest BCUT2D eigenvalue weighted by Gasteiger charge is -2.13. The zero-order chi connectivity index (χ0) is 24.1. The molecular weight excluding hydrogens is 435 g/mol. The predicted molar refractivity (Wildman–Crippen MR) is 127 cm³/mol. The smallest absolute Gasteiger partial charge is 0.253 e. The predicted octanol–water partition coefficient (Wildman–Crippen LogP) is 4.57. The molecule has 1 amide bonds. The monoisotopic (exact) mass is 460 g/mol. The molecule has 4 rings (SSSR count). The number of aryl methyl sites for hydroxylation is 1. The number of hydrogen-bond acceptors (Lipinski definition) is 5. The van der Waals surface area contributed by atoms with Gasteiger partial charge in [-0.1, -0.05) is 24.3 Å². The van der Waals surface area contributed by atoms with Gasteiger partial charge in [0.05, 0.1) is 25.5 Å². The second kappa shape index (κ2) is 10.2. The molecule has 0 saturated carbocycles. The molecule has 0 aliphatic heterocycles. The van der Waals surface area contributed by atoms with Crippen molar-refractivity contribution in [2.24, 2.45) is 7.05 Å². The molecule has 0 radical (unpaired) electrons. The molecule has 2 aromatic carbocycles. The molecule has 0 saturated heterocycles. The summed E-state index contributed by atoms with van der Waals surface area (Å²) >= 11 is 0. The Hall–Kier alpha value is -4.20. The number of pyridine rings is 1. The maximum absolute atomic E-state index is 13.3. The van der Waals surface area contributed by atoms with Gasteiger partial charge >= 0.3 is 0 Å². The van der Waals surface area contributed by atoms with E-state index in [2.05, 4.69) is 15.4 Å². The fourth-order valence-electron chi connectivity index (χ4n) is 3.71. The Morgan fingerprint density at radius 2 is 1.82 bits per heavy atom. The van der Waals surface area contributed by atoms with Crippen LogP contribution in [0.25, 0.3) is 22.5 Å². The van der Waals surface area contributed by atoms with Crippen LogP contribution in [-0.2, 0) is 20.3 Å². The van der Waals surface area contributed by atoms with E-state index < -0.39 is 6.67 Å². The molecule has 0 unspecified atom stereocenters. The number of carbonyl (C=O) groups excluding carboxylic acids is 1. The molecule has 1 N–H and O–H groups in total. The van der Waals surface area contributed by atoms with E-state index in [1.54, 1.807) is 74.7 Å². The third-order valence-corrected chi connectivity index (χ3v) is 5.51. The fourth-order valence-corrected chi connectivity index (χ4v) is 3.71. The summed E-state index contributed by atoms with van der Waals surface area (Å²) in [7, 11) is 4.93. The lowest BCUT2D eigenvalue weighted by molar-refractivity contribution is 0.0951. The van der Waals surface area contributed by atoms with Crippen LogP contribution in [0.4, 0.5) is 4.39 Å². The summed E-state index contributed by atoms with van der Waals surface area (Å²) in [4.78, 5) is 17.9. The van der Waals surface area contributed by atoms with Crippen molar-refractivity contribution in [2.45, 2.75) is 13.2 Å².